The molecule has 3 nitrogen and oxygen atoms in total. The van der Waals surface area contributed by atoms with Crippen LogP contribution in [0.15, 0.2) is 0 Å². The minimum atomic E-state index is -2.35. The van der Waals surface area contributed by atoms with Gasteiger partial charge in [-0.2, -0.15) is 0 Å². The molecule has 1 N–H and O–H groups in total. The molecule has 7 heavy (non-hydrogen) atoms. The Morgan fingerprint density at radius 3 is 2.29 bits per heavy atom. The largest absolute Gasteiger partial charge is 0.694 e. The van der Waals surface area contributed by atoms with Crippen molar-refractivity contribution in [3.05, 3.63) is 0 Å². The molecule has 1 radical (unpaired) electrons. The van der Waals surface area contributed by atoms with E-state index in [1.54, 1.807) is 6.92 Å². The molecule has 1 atom stereocenters. The van der Waals surface area contributed by atoms with E-state index in [1.165, 1.54) is 0 Å². The fourth-order valence-electron chi connectivity index (χ4n) is 0.110. The summed E-state index contributed by atoms with van der Waals surface area (Å²) in [5.74, 6) is 0. The maximum Gasteiger partial charge on any atom is 0.694 e. The van der Waals surface area contributed by atoms with Crippen LogP contribution in [0, 0.1) is 0 Å². The van der Waals surface area contributed by atoms with E-state index in [0.29, 0.717) is 6.61 Å². The third-order valence-electron chi connectivity index (χ3n) is 0.240. The van der Waals surface area contributed by atoms with E-state index in [2.05, 4.69) is 4.52 Å². The zero-order valence-electron chi connectivity index (χ0n) is 3.80. The van der Waals surface area contributed by atoms with Crippen LogP contribution >= 0.6 is 8.25 Å². The second-order valence-electron chi connectivity index (χ2n) is 0.656. The summed E-state index contributed by atoms with van der Waals surface area (Å²) in [4.78, 5) is 7.84. The third-order valence-corrected chi connectivity index (χ3v) is 0.719. The van der Waals surface area contributed by atoms with Crippen LogP contribution in [-0.2, 0) is 29.5 Å². The van der Waals surface area contributed by atoms with Gasteiger partial charge in [0.2, 0.25) is 0 Å². The summed E-state index contributed by atoms with van der Waals surface area (Å²) in [6.07, 6.45) is 0. The van der Waals surface area contributed by atoms with Gasteiger partial charge in [-0.25, -0.2) is 0 Å². The molecule has 0 bridgehead atoms. The number of hydrogen-bond acceptors (Lipinski definition) is 2. The standard InChI is InChI=1S/C2H5O3P.Re/c1-2-5-6(3)4;/h2H2,1H3;/p+1. The summed E-state index contributed by atoms with van der Waals surface area (Å²) >= 11 is 0. The molecule has 0 amide bonds. The summed E-state index contributed by atoms with van der Waals surface area (Å²) in [7, 11) is -2.35. The first kappa shape index (κ1) is 10.6. The smallest absolute Gasteiger partial charge is 0.133 e. The average molecular weight is 295 g/mol. The molecular formula is C2H6O3PRe+. The van der Waals surface area contributed by atoms with Crippen molar-refractivity contribution in [2.75, 3.05) is 6.61 Å². The van der Waals surface area contributed by atoms with Crippen molar-refractivity contribution in [2.24, 2.45) is 0 Å². The number of hydrogen-bond donors (Lipinski definition) is 1. The molecule has 5 heteroatoms. The first-order valence-corrected chi connectivity index (χ1v) is 2.69. The molecule has 0 aliphatic rings. The van der Waals surface area contributed by atoms with Gasteiger partial charge in [-0.15, -0.1) is 9.42 Å². The van der Waals surface area contributed by atoms with Crippen molar-refractivity contribution in [3.8, 4) is 0 Å². The van der Waals surface area contributed by atoms with E-state index >= 15 is 0 Å². The molecule has 0 saturated heterocycles. The van der Waals surface area contributed by atoms with E-state index in [9.17, 15) is 4.57 Å². The fraction of sp³-hybridized carbons (Fsp3) is 1.00. The van der Waals surface area contributed by atoms with Gasteiger partial charge in [0.1, 0.15) is 6.61 Å². The molecule has 0 rings (SSSR count). The maximum atomic E-state index is 9.53. The summed E-state index contributed by atoms with van der Waals surface area (Å²) in [5.41, 5.74) is 0. The molecule has 0 saturated carbocycles. The number of rotatable bonds is 2. The molecule has 0 aromatic rings. The molecule has 1 unspecified atom stereocenters. The average Bonchev–Trinajstić information content (AvgIpc) is 1.35. The summed E-state index contributed by atoms with van der Waals surface area (Å²) in [5, 5.41) is 0. The van der Waals surface area contributed by atoms with E-state index in [4.69, 9.17) is 4.89 Å². The van der Waals surface area contributed by atoms with Crippen molar-refractivity contribution in [1.82, 2.24) is 0 Å². The molecular weight excluding hydrogens is 289 g/mol. The van der Waals surface area contributed by atoms with Crippen molar-refractivity contribution in [3.63, 3.8) is 0 Å². The quantitative estimate of drug-likeness (QED) is 0.762. The van der Waals surface area contributed by atoms with Gasteiger partial charge in [0.05, 0.1) is 0 Å². The van der Waals surface area contributed by atoms with Crippen molar-refractivity contribution in [1.29, 1.82) is 0 Å². The summed E-state index contributed by atoms with van der Waals surface area (Å²) in [6, 6.07) is 0. The normalized spacial score (nSPS) is 9.71. The first-order chi connectivity index (χ1) is 2.77. The predicted molar refractivity (Wildman–Crippen MR) is 21.5 cm³/mol. The van der Waals surface area contributed by atoms with Crippen LogP contribution < -0.4 is 0 Å². The van der Waals surface area contributed by atoms with Gasteiger partial charge in [-0.3, -0.25) is 0 Å². The zero-order chi connectivity index (χ0) is 4.99. The van der Waals surface area contributed by atoms with Crippen LogP contribution in [0.4, 0.5) is 0 Å². The Kier molecular flexibility index (Phi) is 10.1. The summed E-state index contributed by atoms with van der Waals surface area (Å²) in [6.45, 7) is 1.95. The second kappa shape index (κ2) is 6.68. The molecule has 0 fully saturated rings. The Bertz CT molecular complexity index is 56.9. The fourth-order valence-corrected chi connectivity index (χ4v) is 0.331. The third kappa shape index (κ3) is 10.8. The van der Waals surface area contributed by atoms with Crippen LogP contribution in [0.2, 0.25) is 0 Å². The van der Waals surface area contributed by atoms with Gasteiger partial charge >= 0.3 is 8.25 Å². The van der Waals surface area contributed by atoms with E-state index in [-0.39, 0.29) is 20.4 Å². The molecule has 0 aliphatic heterocycles. The van der Waals surface area contributed by atoms with Crippen molar-refractivity contribution < 1.29 is 34.4 Å². The molecule has 0 heterocycles. The maximum absolute atomic E-state index is 9.53. The van der Waals surface area contributed by atoms with Gasteiger partial charge in [-0.1, -0.05) is 0 Å². The van der Waals surface area contributed by atoms with Crippen LogP contribution in [0.25, 0.3) is 0 Å². The second-order valence-corrected chi connectivity index (χ2v) is 1.39. The molecule has 0 aromatic carbocycles. The Balaban J connectivity index is 0. The topological polar surface area (TPSA) is 46.5 Å². The SMILES string of the molecule is CCO[P+](=O)O.[Re]. The Labute approximate surface area is 56.7 Å². The Morgan fingerprint density at radius 2 is 2.29 bits per heavy atom. The van der Waals surface area contributed by atoms with Crippen molar-refractivity contribution in [2.45, 2.75) is 6.92 Å². The van der Waals surface area contributed by atoms with Crippen LogP contribution in [0.5, 0.6) is 0 Å². The summed E-state index contributed by atoms with van der Waals surface area (Å²) < 4.78 is 13.6. The van der Waals surface area contributed by atoms with Crippen LogP contribution in [0.3, 0.4) is 0 Å². The minimum absolute atomic E-state index is 0. The van der Waals surface area contributed by atoms with E-state index < -0.39 is 8.25 Å². The molecule has 43 valence electrons. The van der Waals surface area contributed by atoms with E-state index in [0.717, 1.165) is 0 Å². The van der Waals surface area contributed by atoms with Gasteiger partial charge in [0, 0.05) is 25.0 Å². The van der Waals surface area contributed by atoms with Crippen molar-refractivity contribution >= 4 is 8.25 Å². The van der Waals surface area contributed by atoms with Crippen LogP contribution in [-0.4, -0.2) is 11.5 Å². The predicted octanol–water partition coefficient (Wildman–Crippen LogP) is 0.670. The van der Waals surface area contributed by atoms with Crippen LogP contribution in [0.1, 0.15) is 6.92 Å². The monoisotopic (exact) mass is 296 g/mol. The van der Waals surface area contributed by atoms with Gasteiger partial charge < -0.3 is 0 Å². The zero-order valence-corrected chi connectivity index (χ0v) is 7.41. The van der Waals surface area contributed by atoms with Gasteiger partial charge in [0.15, 0.2) is 0 Å². The molecule has 0 aromatic heterocycles. The first-order valence-electron chi connectivity index (χ1n) is 1.56. The Morgan fingerprint density at radius 1 is 1.86 bits per heavy atom. The molecule has 0 aliphatic carbocycles. The van der Waals surface area contributed by atoms with Gasteiger partial charge in [0.25, 0.3) is 0 Å². The minimum Gasteiger partial charge on any atom is -0.133 e. The molecule has 0 spiro atoms. The van der Waals surface area contributed by atoms with Gasteiger partial charge in [-0.05, 0) is 6.92 Å². The Hall–Kier alpha value is 0.682. The van der Waals surface area contributed by atoms with E-state index in [1.807, 2.05) is 0 Å².